The minimum atomic E-state index is -4.67. The Kier molecular flexibility index (Phi) is 3.66. The molecule has 1 heterocycles. The van der Waals surface area contributed by atoms with Gasteiger partial charge in [0, 0.05) is 18.1 Å². The summed E-state index contributed by atoms with van der Waals surface area (Å²) in [5.74, 6) is -0.232. The van der Waals surface area contributed by atoms with Crippen LogP contribution >= 0.6 is 11.5 Å². The van der Waals surface area contributed by atoms with Crippen molar-refractivity contribution in [1.29, 1.82) is 0 Å². The number of hydrogen-bond acceptors (Lipinski definition) is 5. The van der Waals surface area contributed by atoms with Crippen LogP contribution in [0.3, 0.4) is 0 Å². The standard InChI is InChI=1S/C10H8F3N3OS/c11-10(12,13)17-8-3-1-2-7(4-8)5-14-9-6-15-16-18-9/h1-4,6,14H,5H2. The zero-order valence-electron chi connectivity index (χ0n) is 8.94. The zero-order chi connectivity index (χ0) is 13.0. The average molecular weight is 275 g/mol. The van der Waals surface area contributed by atoms with Gasteiger partial charge >= 0.3 is 6.36 Å². The van der Waals surface area contributed by atoms with Crippen molar-refractivity contribution in [2.45, 2.75) is 12.9 Å². The molecule has 0 atom stereocenters. The first-order chi connectivity index (χ1) is 8.53. The van der Waals surface area contributed by atoms with Crippen LogP contribution in [-0.2, 0) is 6.54 Å². The number of nitrogens with one attached hydrogen (secondary N) is 1. The van der Waals surface area contributed by atoms with Crippen molar-refractivity contribution in [1.82, 2.24) is 9.59 Å². The van der Waals surface area contributed by atoms with Crippen LogP contribution in [-0.4, -0.2) is 15.9 Å². The zero-order valence-corrected chi connectivity index (χ0v) is 9.76. The summed E-state index contributed by atoms with van der Waals surface area (Å²) >= 11 is 1.17. The number of aromatic nitrogens is 2. The van der Waals surface area contributed by atoms with Crippen LogP contribution < -0.4 is 10.1 Å². The molecule has 0 saturated heterocycles. The molecule has 2 rings (SSSR count). The number of anilines is 1. The number of halogens is 3. The lowest BCUT2D eigenvalue weighted by Gasteiger charge is -2.10. The maximum atomic E-state index is 12.0. The molecule has 0 aliphatic rings. The molecule has 2 aromatic rings. The first-order valence-corrected chi connectivity index (χ1v) is 5.66. The van der Waals surface area contributed by atoms with Gasteiger partial charge in [-0.25, -0.2) is 0 Å². The number of rotatable bonds is 4. The van der Waals surface area contributed by atoms with E-state index in [1.165, 1.54) is 29.7 Å². The van der Waals surface area contributed by atoms with Gasteiger partial charge in [-0.3, -0.25) is 0 Å². The van der Waals surface area contributed by atoms with Crippen LogP contribution in [0.1, 0.15) is 5.56 Å². The highest BCUT2D eigenvalue weighted by atomic mass is 32.1. The summed E-state index contributed by atoms with van der Waals surface area (Å²) in [6.45, 7) is 0.374. The Morgan fingerprint density at radius 2 is 2.17 bits per heavy atom. The van der Waals surface area contributed by atoms with E-state index in [4.69, 9.17) is 0 Å². The minimum absolute atomic E-state index is 0.232. The van der Waals surface area contributed by atoms with Crippen LogP contribution in [0.15, 0.2) is 30.5 Å². The second kappa shape index (κ2) is 5.21. The van der Waals surface area contributed by atoms with E-state index in [0.717, 1.165) is 5.00 Å². The second-order valence-electron chi connectivity index (χ2n) is 3.33. The highest BCUT2D eigenvalue weighted by Gasteiger charge is 2.31. The van der Waals surface area contributed by atoms with E-state index >= 15 is 0 Å². The maximum absolute atomic E-state index is 12.0. The average Bonchev–Trinajstić information content (AvgIpc) is 2.77. The highest BCUT2D eigenvalue weighted by molar-refractivity contribution is 7.09. The van der Waals surface area contributed by atoms with Crippen LogP contribution in [0.4, 0.5) is 18.2 Å². The summed E-state index contributed by atoms with van der Waals surface area (Å²) < 4.78 is 43.6. The highest BCUT2D eigenvalue weighted by Crippen LogP contribution is 2.23. The topological polar surface area (TPSA) is 47.0 Å². The molecule has 0 aliphatic heterocycles. The van der Waals surface area contributed by atoms with E-state index in [9.17, 15) is 13.2 Å². The summed E-state index contributed by atoms with van der Waals surface area (Å²) in [5.41, 5.74) is 0.671. The molecule has 0 spiro atoms. The second-order valence-corrected chi connectivity index (χ2v) is 4.12. The lowest BCUT2D eigenvalue weighted by atomic mass is 10.2. The fourth-order valence-electron chi connectivity index (χ4n) is 1.29. The van der Waals surface area contributed by atoms with Crippen molar-refractivity contribution in [2.75, 3.05) is 5.32 Å². The van der Waals surface area contributed by atoms with Crippen LogP contribution in [0.2, 0.25) is 0 Å². The molecular formula is C10H8F3N3OS. The Hall–Kier alpha value is -1.83. The molecule has 0 amide bonds. The van der Waals surface area contributed by atoms with Gasteiger partial charge in [0.2, 0.25) is 0 Å². The molecule has 0 unspecified atom stereocenters. The lowest BCUT2D eigenvalue weighted by Crippen LogP contribution is -2.17. The first-order valence-electron chi connectivity index (χ1n) is 4.89. The Bertz CT molecular complexity index is 501. The normalized spacial score (nSPS) is 11.3. The summed E-state index contributed by atoms with van der Waals surface area (Å²) in [6.07, 6.45) is -3.13. The number of alkyl halides is 3. The smallest absolute Gasteiger partial charge is 0.406 e. The molecule has 0 radical (unpaired) electrons. The van der Waals surface area contributed by atoms with Gasteiger partial charge in [-0.05, 0) is 17.7 Å². The van der Waals surface area contributed by atoms with E-state index in [1.54, 1.807) is 12.3 Å². The largest absolute Gasteiger partial charge is 0.573 e. The van der Waals surface area contributed by atoms with Gasteiger partial charge in [-0.2, -0.15) is 0 Å². The van der Waals surface area contributed by atoms with E-state index < -0.39 is 6.36 Å². The Labute approximate surface area is 105 Å². The lowest BCUT2D eigenvalue weighted by molar-refractivity contribution is -0.274. The van der Waals surface area contributed by atoms with Crippen LogP contribution in [0.5, 0.6) is 5.75 Å². The van der Waals surface area contributed by atoms with Crippen LogP contribution in [0, 0.1) is 0 Å². The van der Waals surface area contributed by atoms with Gasteiger partial charge in [-0.1, -0.05) is 16.6 Å². The molecule has 1 aromatic carbocycles. The Morgan fingerprint density at radius 1 is 1.33 bits per heavy atom. The molecule has 8 heteroatoms. The summed E-state index contributed by atoms with van der Waals surface area (Å²) in [7, 11) is 0. The maximum Gasteiger partial charge on any atom is 0.573 e. The fourth-order valence-corrected chi connectivity index (χ4v) is 1.70. The quantitative estimate of drug-likeness (QED) is 0.931. The van der Waals surface area contributed by atoms with Crippen molar-refractivity contribution in [3.63, 3.8) is 0 Å². The number of ether oxygens (including phenoxy) is 1. The monoisotopic (exact) mass is 275 g/mol. The van der Waals surface area contributed by atoms with Gasteiger partial charge < -0.3 is 10.1 Å². The molecule has 1 aromatic heterocycles. The van der Waals surface area contributed by atoms with Crippen molar-refractivity contribution in [2.24, 2.45) is 0 Å². The third-order valence-electron chi connectivity index (χ3n) is 1.96. The van der Waals surface area contributed by atoms with Crippen molar-refractivity contribution in [3.05, 3.63) is 36.0 Å². The van der Waals surface area contributed by atoms with Crippen molar-refractivity contribution in [3.8, 4) is 5.75 Å². The van der Waals surface area contributed by atoms with Crippen molar-refractivity contribution < 1.29 is 17.9 Å². The molecule has 0 saturated carbocycles. The summed E-state index contributed by atoms with van der Waals surface area (Å²) in [4.78, 5) is 0. The molecule has 1 N–H and O–H groups in total. The molecule has 0 bridgehead atoms. The summed E-state index contributed by atoms with van der Waals surface area (Å²) in [6, 6.07) is 5.79. The van der Waals surface area contributed by atoms with Gasteiger partial charge in [0.05, 0.1) is 6.20 Å². The molecule has 96 valence electrons. The van der Waals surface area contributed by atoms with Crippen molar-refractivity contribution >= 4 is 16.5 Å². The third-order valence-corrected chi connectivity index (χ3v) is 2.58. The molecule has 4 nitrogen and oxygen atoms in total. The number of nitrogens with zero attached hydrogens (tertiary/aromatic N) is 2. The van der Waals surface area contributed by atoms with E-state index in [0.29, 0.717) is 12.1 Å². The van der Waals surface area contributed by atoms with Gasteiger partial charge in [0.15, 0.2) is 0 Å². The van der Waals surface area contributed by atoms with E-state index in [2.05, 4.69) is 19.6 Å². The van der Waals surface area contributed by atoms with Gasteiger partial charge in [0.25, 0.3) is 0 Å². The van der Waals surface area contributed by atoms with Gasteiger partial charge in [0.1, 0.15) is 10.8 Å². The van der Waals surface area contributed by atoms with E-state index in [1.807, 2.05) is 0 Å². The SMILES string of the molecule is FC(F)(F)Oc1cccc(CNc2cnns2)c1. The minimum Gasteiger partial charge on any atom is -0.406 e. The predicted octanol–water partition coefficient (Wildman–Crippen LogP) is 3.05. The molecule has 18 heavy (non-hydrogen) atoms. The summed E-state index contributed by atoms with van der Waals surface area (Å²) in [5, 5.41) is 7.37. The Morgan fingerprint density at radius 3 is 2.83 bits per heavy atom. The Balaban J connectivity index is 1.99. The predicted molar refractivity (Wildman–Crippen MR) is 60.4 cm³/mol. The molecular weight excluding hydrogens is 267 g/mol. The third kappa shape index (κ3) is 3.88. The number of hydrogen-bond donors (Lipinski definition) is 1. The molecule has 0 fully saturated rings. The van der Waals surface area contributed by atoms with Crippen LogP contribution in [0.25, 0.3) is 0 Å². The first kappa shape index (κ1) is 12.6. The van der Waals surface area contributed by atoms with Gasteiger partial charge in [-0.15, -0.1) is 18.3 Å². The van der Waals surface area contributed by atoms with E-state index in [-0.39, 0.29) is 5.75 Å². The number of benzene rings is 1. The molecule has 0 aliphatic carbocycles. The fraction of sp³-hybridized carbons (Fsp3) is 0.200.